The Kier molecular flexibility index (Phi) is 8.09. The van der Waals surface area contributed by atoms with Crippen LogP contribution in [0.1, 0.15) is 32.9 Å². The molecular weight excluding hydrogens is 499 g/mol. The number of nitrogen functional groups attached to an aromatic ring is 1. The minimum Gasteiger partial charge on any atom is -0.405 e. The maximum absolute atomic E-state index is 13.1. The molecule has 38 heavy (non-hydrogen) atoms. The van der Waals surface area contributed by atoms with Gasteiger partial charge in [-0.15, -0.1) is 13.2 Å². The summed E-state index contributed by atoms with van der Waals surface area (Å²) in [6, 6.07) is 5.81. The van der Waals surface area contributed by atoms with E-state index >= 15 is 0 Å². The molecule has 0 saturated carbocycles. The third-order valence-corrected chi connectivity index (χ3v) is 5.89. The standard InChI is InChI=1S/C26H26F3N7O2/c1-17-18(3-6-22-14-33-24(30)15-32-22)11-20(13-31-17)25(37)34-21-5-4-19(23(12-21)38-26(27,28)29)16-36-9-7-35(2)8-10-36/h4-5,11-15H,7-10,16H2,1-2H3,(H2,30,33)(H,34,37). The van der Waals surface area contributed by atoms with E-state index in [1.165, 1.54) is 30.7 Å². The molecule has 0 spiro atoms. The van der Waals surface area contributed by atoms with Gasteiger partial charge < -0.3 is 20.7 Å². The van der Waals surface area contributed by atoms with Crippen molar-refractivity contribution in [1.29, 1.82) is 0 Å². The van der Waals surface area contributed by atoms with Gasteiger partial charge in [0.1, 0.15) is 17.3 Å². The van der Waals surface area contributed by atoms with Crippen molar-refractivity contribution in [2.24, 2.45) is 0 Å². The molecule has 3 heterocycles. The maximum atomic E-state index is 13.1. The summed E-state index contributed by atoms with van der Waals surface area (Å²) in [6.45, 7) is 5.16. The summed E-state index contributed by atoms with van der Waals surface area (Å²) in [6.07, 6.45) is -0.696. The Morgan fingerprint density at radius 2 is 1.84 bits per heavy atom. The van der Waals surface area contributed by atoms with E-state index in [0.717, 1.165) is 26.2 Å². The Morgan fingerprint density at radius 3 is 2.53 bits per heavy atom. The van der Waals surface area contributed by atoms with Crippen molar-refractivity contribution in [3.8, 4) is 17.6 Å². The number of carbonyl (C=O) groups excluding carboxylic acids is 1. The number of aromatic nitrogens is 3. The molecule has 3 N–H and O–H groups in total. The Hall–Kier alpha value is -4.21. The zero-order chi connectivity index (χ0) is 27.3. The van der Waals surface area contributed by atoms with Crippen LogP contribution in [0.5, 0.6) is 5.75 Å². The number of carbonyl (C=O) groups is 1. The Morgan fingerprint density at radius 1 is 1.08 bits per heavy atom. The Labute approximate surface area is 217 Å². The van der Waals surface area contributed by atoms with E-state index < -0.39 is 12.3 Å². The molecule has 0 bridgehead atoms. The van der Waals surface area contributed by atoms with Crippen molar-refractivity contribution in [1.82, 2.24) is 24.8 Å². The van der Waals surface area contributed by atoms with Crippen molar-refractivity contribution >= 4 is 17.4 Å². The van der Waals surface area contributed by atoms with E-state index in [4.69, 9.17) is 5.73 Å². The van der Waals surface area contributed by atoms with Gasteiger partial charge in [-0.05, 0) is 32.0 Å². The van der Waals surface area contributed by atoms with Gasteiger partial charge in [0.05, 0.1) is 23.7 Å². The first kappa shape index (κ1) is 26.8. The number of pyridine rings is 1. The summed E-state index contributed by atoms with van der Waals surface area (Å²) in [5, 5.41) is 2.62. The number of nitrogens with one attached hydrogen (secondary N) is 1. The first-order valence-corrected chi connectivity index (χ1v) is 11.7. The minimum atomic E-state index is -4.87. The molecule has 1 fully saturated rings. The summed E-state index contributed by atoms with van der Waals surface area (Å²) in [4.78, 5) is 29.3. The van der Waals surface area contributed by atoms with E-state index in [1.807, 2.05) is 7.05 Å². The lowest BCUT2D eigenvalue weighted by Crippen LogP contribution is -2.43. The molecule has 1 amide bonds. The molecular formula is C26H26F3N7O2. The van der Waals surface area contributed by atoms with E-state index in [0.29, 0.717) is 29.1 Å². The summed E-state index contributed by atoms with van der Waals surface area (Å²) >= 11 is 0. The molecule has 9 nitrogen and oxygen atoms in total. The molecule has 4 rings (SSSR count). The number of hydrogen-bond donors (Lipinski definition) is 2. The third-order valence-electron chi connectivity index (χ3n) is 5.89. The van der Waals surface area contributed by atoms with Crippen LogP contribution in [-0.2, 0) is 6.54 Å². The van der Waals surface area contributed by atoms with E-state index in [2.05, 4.69) is 46.6 Å². The quantitative estimate of drug-likeness (QED) is 0.490. The molecule has 0 radical (unpaired) electrons. The number of rotatable bonds is 5. The second-order valence-electron chi connectivity index (χ2n) is 8.84. The van der Waals surface area contributed by atoms with Crippen molar-refractivity contribution in [3.63, 3.8) is 0 Å². The highest BCUT2D eigenvalue weighted by Crippen LogP contribution is 2.30. The van der Waals surface area contributed by atoms with Gasteiger partial charge in [-0.1, -0.05) is 12.0 Å². The van der Waals surface area contributed by atoms with Crippen LogP contribution >= 0.6 is 0 Å². The number of anilines is 2. The van der Waals surface area contributed by atoms with Gasteiger partial charge in [0, 0.05) is 61.8 Å². The van der Waals surface area contributed by atoms with E-state index in [9.17, 15) is 18.0 Å². The number of likely N-dealkylation sites (N-methyl/N-ethyl adjacent to an activating group) is 1. The number of ether oxygens (including phenoxy) is 1. The van der Waals surface area contributed by atoms with Crippen molar-refractivity contribution in [2.45, 2.75) is 19.8 Å². The number of benzene rings is 1. The van der Waals surface area contributed by atoms with Crippen LogP contribution < -0.4 is 15.8 Å². The molecule has 1 saturated heterocycles. The molecule has 1 aromatic carbocycles. The lowest BCUT2D eigenvalue weighted by molar-refractivity contribution is -0.275. The molecule has 0 unspecified atom stereocenters. The Bertz CT molecular complexity index is 1360. The molecule has 1 aliphatic heterocycles. The van der Waals surface area contributed by atoms with Crippen LogP contribution in [0.3, 0.4) is 0 Å². The third kappa shape index (κ3) is 7.41. The van der Waals surface area contributed by atoms with E-state index in [1.54, 1.807) is 19.1 Å². The maximum Gasteiger partial charge on any atom is 0.573 e. The zero-order valence-electron chi connectivity index (χ0n) is 20.8. The molecule has 0 aliphatic carbocycles. The molecule has 0 atom stereocenters. The van der Waals surface area contributed by atoms with Crippen LogP contribution in [0.15, 0.2) is 42.9 Å². The van der Waals surface area contributed by atoms with Gasteiger partial charge in [0.2, 0.25) is 0 Å². The summed E-state index contributed by atoms with van der Waals surface area (Å²) in [7, 11) is 2.00. The van der Waals surface area contributed by atoms with Crippen molar-refractivity contribution in [2.75, 3.05) is 44.3 Å². The summed E-state index contributed by atoms with van der Waals surface area (Å²) < 4.78 is 43.7. The van der Waals surface area contributed by atoms with Gasteiger partial charge >= 0.3 is 6.36 Å². The van der Waals surface area contributed by atoms with Crippen molar-refractivity contribution in [3.05, 3.63) is 70.9 Å². The molecule has 1 aliphatic rings. The first-order valence-electron chi connectivity index (χ1n) is 11.7. The second kappa shape index (κ2) is 11.5. The highest BCUT2D eigenvalue weighted by atomic mass is 19.4. The molecule has 12 heteroatoms. The van der Waals surface area contributed by atoms with Crippen LogP contribution in [-0.4, -0.2) is 70.2 Å². The largest absolute Gasteiger partial charge is 0.573 e. The summed E-state index contributed by atoms with van der Waals surface area (Å²) in [5.41, 5.74) is 7.71. The fraction of sp³-hybridized carbons (Fsp3) is 0.308. The number of aryl methyl sites for hydroxylation is 1. The number of hydrogen-bond acceptors (Lipinski definition) is 8. The van der Waals surface area contributed by atoms with Crippen LogP contribution in [0.2, 0.25) is 0 Å². The fourth-order valence-corrected chi connectivity index (χ4v) is 3.75. The van der Waals surface area contributed by atoms with Crippen LogP contribution in [0.4, 0.5) is 24.7 Å². The fourth-order valence-electron chi connectivity index (χ4n) is 3.75. The molecule has 3 aromatic rings. The smallest absolute Gasteiger partial charge is 0.405 e. The zero-order valence-corrected chi connectivity index (χ0v) is 20.8. The summed E-state index contributed by atoms with van der Waals surface area (Å²) in [5.74, 6) is 5.09. The average Bonchev–Trinajstić information content (AvgIpc) is 2.86. The number of nitrogens with two attached hydrogens (primary N) is 1. The number of alkyl halides is 3. The van der Waals surface area contributed by atoms with E-state index in [-0.39, 0.29) is 22.8 Å². The van der Waals surface area contributed by atoms with Gasteiger partial charge in [0.25, 0.3) is 5.91 Å². The lowest BCUT2D eigenvalue weighted by atomic mass is 10.1. The van der Waals surface area contributed by atoms with Gasteiger partial charge in [0.15, 0.2) is 0 Å². The number of piperazine rings is 1. The predicted molar refractivity (Wildman–Crippen MR) is 135 cm³/mol. The lowest BCUT2D eigenvalue weighted by Gasteiger charge is -2.32. The number of amides is 1. The van der Waals surface area contributed by atoms with Gasteiger partial charge in [-0.25, -0.2) is 9.97 Å². The monoisotopic (exact) mass is 525 g/mol. The number of halogens is 3. The second-order valence-corrected chi connectivity index (χ2v) is 8.84. The first-order chi connectivity index (χ1) is 18.1. The van der Waals surface area contributed by atoms with Crippen LogP contribution in [0.25, 0.3) is 0 Å². The SMILES string of the molecule is Cc1ncc(C(=O)Nc2ccc(CN3CCN(C)CC3)c(OC(F)(F)F)c2)cc1C#Cc1cnc(N)cn1. The van der Waals surface area contributed by atoms with Gasteiger partial charge in [-0.2, -0.15) is 0 Å². The minimum absolute atomic E-state index is 0.154. The molecule has 198 valence electrons. The predicted octanol–water partition coefficient (Wildman–Crippen LogP) is 3.06. The Balaban J connectivity index is 1.52. The van der Waals surface area contributed by atoms with Crippen LogP contribution in [0, 0.1) is 18.8 Å². The topological polar surface area (TPSA) is 110 Å². The molecule has 2 aromatic heterocycles. The highest BCUT2D eigenvalue weighted by molar-refractivity contribution is 6.04. The normalized spacial score (nSPS) is 14.4. The van der Waals surface area contributed by atoms with Gasteiger partial charge in [-0.3, -0.25) is 14.7 Å². The average molecular weight is 526 g/mol. The highest BCUT2D eigenvalue weighted by Gasteiger charge is 2.32. The van der Waals surface area contributed by atoms with Crippen molar-refractivity contribution < 1.29 is 22.7 Å². The number of nitrogens with zero attached hydrogens (tertiary/aromatic N) is 5.